The number of rotatable bonds is 4. The zero-order chi connectivity index (χ0) is 12.7. The van der Waals surface area contributed by atoms with E-state index in [2.05, 4.69) is 0 Å². The van der Waals surface area contributed by atoms with Crippen molar-refractivity contribution < 1.29 is 13.2 Å². The summed E-state index contributed by atoms with van der Waals surface area (Å²) in [6, 6.07) is 4.92. The van der Waals surface area contributed by atoms with Gasteiger partial charge in [-0.2, -0.15) is 0 Å². The molecule has 0 amide bonds. The van der Waals surface area contributed by atoms with Gasteiger partial charge in [0, 0.05) is 11.8 Å². The van der Waals surface area contributed by atoms with E-state index in [1.54, 1.807) is 25.3 Å². The molecular weight excluding hydrogens is 238 g/mol. The molecule has 0 spiro atoms. The van der Waals surface area contributed by atoms with Crippen LogP contribution in [-0.4, -0.2) is 27.3 Å². The molecule has 1 aromatic carbocycles. The highest BCUT2D eigenvalue weighted by Gasteiger charge is 2.38. The second-order valence-corrected chi connectivity index (χ2v) is 6.80. The molecule has 17 heavy (non-hydrogen) atoms. The van der Waals surface area contributed by atoms with Crippen LogP contribution in [0.15, 0.2) is 23.1 Å². The minimum Gasteiger partial charge on any atom is -0.496 e. The van der Waals surface area contributed by atoms with E-state index in [1.165, 1.54) is 6.26 Å². The third-order valence-corrected chi connectivity index (χ3v) is 4.22. The first-order valence-corrected chi connectivity index (χ1v) is 7.39. The van der Waals surface area contributed by atoms with Crippen molar-refractivity contribution in [3.8, 4) is 5.75 Å². The van der Waals surface area contributed by atoms with Crippen LogP contribution < -0.4 is 10.5 Å². The maximum absolute atomic E-state index is 11.5. The molecule has 0 aromatic heterocycles. The largest absolute Gasteiger partial charge is 0.496 e. The number of hydrogen-bond donors (Lipinski definition) is 1. The van der Waals surface area contributed by atoms with Gasteiger partial charge in [0.1, 0.15) is 5.75 Å². The van der Waals surface area contributed by atoms with Crippen molar-refractivity contribution in [2.24, 2.45) is 5.73 Å². The first-order chi connectivity index (χ1) is 7.84. The fraction of sp³-hybridized carbons (Fsp3) is 0.500. The van der Waals surface area contributed by atoms with Crippen molar-refractivity contribution in [1.29, 1.82) is 0 Å². The summed E-state index contributed by atoms with van der Waals surface area (Å²) in [5.74, 6) is 0.703. The van der Waals surface area contributed by atoms with Crippen molar-refractivity contribution in [3.63, 3.8) is 0 Å². The Morgan fingerprint density at radius 2 is 2.06 bits per heavy atom. The summed E-state index contributed by atoms with van der Waals surface area (Å²) in [5.41, 5.74) is 6.76. The third kappa shape index (κ3) is 2.79. The molecule has 1 fully saturated rings. The van der Waals surface area contributed by atoms with Crippen LogP contribution in [0.5, 0.6) is 5.75 Å². The molecule has 0 saturated heterocycles. The second-order valence-electron chi connectivity index (χ2n) is 4.78. The number of nitrogens with two attached hydrogens (primary N) is 1. The molecule has 0 atom stereocenters. The Hall–Kier alpha value is -1.07. The fourth-order valence-corrected chi connectivity index (χ4v) is 2.51. The summed E-state index contributed by atoms with van der Waals surface area (Å²) in [5, 5.41) is 0. The Bertz CT molecular complexity index is 533. The highest BCUT2D eigenvalue weighted by Crippen LogP contribution is 2.38. The zero-order valence-corrected chi connectivity index (χ0v) is 10.9. The lowest BCUT2D eigenvalue weighted by molar-refractivity contribution is 0.407. The average molecular weight is 255 g/mol. The van der Waals surface area contributed by atoms with Crippen LogP contribution in [0, 0.1) is 0 Å². The number of sulfone groups is 1. The van der Waals surface area contributed by atoms with E-state index < -0.39 is 9.84 Å². The summed E-state index contributed by atoms with van der Waals surface area (Å²) >= 11 is 0. The quantitative estimate of drug-likeness (QED) is 0.875. The minimum absolute atomic E-state index is 0.163. The predicted molar refractivity (Wildman–Crippen MR) is 66.0 cm³/mol. The van der Waals surface area contributed by atoms with E-state index in [0.717, 1.165) is 18.4 Å². The van der Waals surface area contributed by atoms with Crippen molar-refractivity contribution in [2.45, 2.75) is 29.7 Å². The Kier molecular flexibility index (Phi) is 2.91. The van der Waals surface area contributed by atoms with E-state index in [9.17, 15) is 8.42 Å². The standard InChI is InChI=1S/C12H17NO3S/c1-16-11-4-3-10(17(2,14)15)7-9(11)8-12(13)5-6-12/h3-4,7H,5-6,8,13H2,1-2H3. The van der Waals surface area contributed by atoms with Gasteiger partial charge < -0.3 is 10.5 Å². The maximum Gasteiger partial charge on any atom is 0.175 e. The average Bonchev–Trinajstić information content (AvgIpc) is 2.94. The van der Waals surface area contributed by atoms with E-state index in [-0.39, 0.29) is 5.54 Å². The smallest absolute Gasteiger partial charge is 0.175 e. The van der Waals surface area contributed by atoms with Crippen LogP contribution >= 0.6 is 0 Å². The first-order valence-electron chi connectivity index (χ1n) is 5.50. The molecule has 0 aliphatic heterocycles. The molecule has 4 nitrogen and oxygen atoms in total. The number of hydrogen-bond acceptors (Lipinski definition) is 4. The van der Waals surface area contributed by atoms with Crippen molar-refractivity contribution in [2.75, 3.05) is 13.4 Å². The Morgan fingerprint density at radius 1 is 1.41 bits per heavy atom. The molecule has 5 heteroatoms. The van der Waals surface area contributed by atoms with Crippen LogP contribution in [0.2, 0.25) is 0 Å². The zero-order valence-electron chi connectivity index (χ0n) is 10.1. The summed E-state index contributed by atoms with van der Waals surface area (Å²) in [6.07, 6.45) is 3.84. The van der Waals surface area contributed by atoms with Gasteiger partial charge in [-0.15, -0.1) is 0 Å². The van der Waals surface area contributed by atoms with Crippen LogP contribution in [0.3, 0.4) is 0 Å². The molecule has 2 N–H and O–H groups in total. The number of ether oxygens (including phenoxy) is 1. The lowest BCUT2D eigenvalue weighted by Gasteiger charge is -2.13. The summed E-state index contributed by atoms with van der Waals surface area (Å²) in [6.45, 7) is 0. The number of benzene rings is 1. The normalized spacial score (nSPS) is 17.8. The van der Waals surface area contributed by atoms with Gasteiger partial charge in [0.05, 0.1) is 12.0 Å². The van der Waals surface area contributed by atoms with Crippen LogP contribution in [-0.2, 0) is 16.3 Å². The van der Waals surface area contributed by atoms with Gasteiger partial charge in [0.15, 0.2) is 9.84 Å². The molecule has 1 aliphatic carbocycles. The summed E-state index contributed by atoms with van der Waals surface area (Å²) < 4.78 is 28.2. The lowest BCUT2D eigenvalue weighted by atomic mass is 10.0. The molecule has 2 rings (SSSR count). The van der Waals surface area contributed by atoms with Crippen molar-refractivity contribution in [3.05, 3.63) is 23.8 Å². The molecule has 94 valence electrons. The van der Waals surface area contributed by atoms with Crippen molar-refractivity contribution >= 4 is 9.84 Å². The molecule has 1 aromatic rings. The van der Waals surface area contributed by atoms with Crippen molar-refractivity contribution in [1.82, 2.24) is 0 Å². The van der Waals surface area contributed by atoms with E-state index in [4.69, 9.17) is 10.5 Å². The topological polar surface area (TPSA) is 69.4 Å². The lowest BCUT2D eigenvalue weighted by Crippen LogP contribution is -2.24. The van der Waals surface area contributed by atoms with Gasteiger partial charge in [0.25, 0.3) is 0 Å². The van der Waals surface area contributed by atoms with Gasteiger partial charge >= 0.3 is 0 Å². The van der Waals surface area contributed by atoms with E-state index in [1.807, 2.05) is 0 Å². The molecule has 1 aliphatic rings. The predicted octanol–water partition coefficient (Wildman–Crippen LogP) is 1.13. The molecule has 0 unspecified atom stereocenters. The SMILES string of the molecule is COc1ccc(S(C)(=O)=O)cc1CC1(N)CC1. The molecule has 1 saturated carbocycles. The van der Waals surface area contributed by atoms with Crippen LogP contribution in [0.25, 0.3) is 0 Å². The highest BCUT2D eigenvalue weighted by molar-refractivity contribution is 7.90. The molecule has 0 heterocycles. The van der Waals surface area contributed by atoms with Gasteiger partial charge in [0.2, 0.25) is 0 Å². The Morgan fingerprint density at radius 3 is 2.53 bits per heavy atom. The summed E-state index contributed by atoms with van der Waals surface area (Å²) in [4.78, 5) is 0.317. The van der Waals surface area contributed by atoms with E-state index in [0.29, 0.717) is 17.1 Å². The maximum atomic E-state index is 11.5. The second kappa shape index (κ2) is 3.99. The molecule has 0 radical (unpaired) electrons. The minimum atomic E-state index is -3.18. The monoisotopic (exact) mass is 255 g/mol. The molecule has 0 bridgehead atoms. The van der Waals surface area contributed by atoms with Gasteiger partial charge in [-0.25, -0.2) is 8.42 Å². The fourth-order valence-electron chi connectivity index (χ4n) is 1.84. The highest BCUT2D eigenvalue weighted by atomic mass is 32.2. The van der Waals surface area contributed by atoms with Gasteiger partial charge in [-0.1, -0.05) is 0 Å². The van der Waals surface area contributed by atoms with E-state index >= 15 is 0 Å². The van der Waals surface area contributed by atoms with Crippen LogP contribution in [0.4, 0.5) is 0 Å². The number of methoxy groups -OCH3 is 1. The summed E-state index contributed by atoms with van der Waals surface area (Å²) in [7, 11) is -1.60. The third-order valence-electron chi connectivity index (χ3n) is 3.11. The molecular formula is C12H17NO3S. The Labute approximate surface area is 102 Å². The van der Waals surface area contributed by atoms with Gasteiger partial charge in [-0.3, -0.25) is 0 Å². The first kappa shape index (κ1) is 12.4. The van der Waals surface area contributed by atoms with Gasteiger partial charge in [-0.05, 0) is 43.0 Å². The van der Waals surface area contributed by atoms with Crippen LogP contribution in [0.1, 0.15) is 18.4 Å². The Balaban J connectivity index is 2.39.